The second-order valence-electron chi connectivity index (χ2n) is 5.01. The third kappa shape index (κ3) is 3.12. The Hall–Kier alpha value is -1.77. The van der Waals surface area contributed by atoms with Gasteiger partial charge < -0.3 is 4.98 Å². The van der Waals surface area contributed by atoms with Crippen molar-refractivity contribution in [3.8, 4) is 11.4 Å². The number of nitrogens with one attached hydrogen (secondary N) is 1. The molecule has 3 aromatic rings. The number of halogens is 2. The number of nitrogens with zero attached hydrogens (tertiary/aromatic N) is 1. The van der Waals surface area contributed by atoms with Crippen LogP contribution in [-0.4, -0.2) is 9.97 Å². The number of aromatic amines is 1. The van der Waals surface area contributed by atoms with E-state index in [1.807, 2.05) is 18.3 Å². The zero-order valence-corrected chi connectivity index (χ0v) is 13.0. The van der Waals surface area contributed by atoms with Crippen molar-refractivity contribution in [1.82, 2.24) is 9.97 Å². The van der Waals surface area contributed by atoms with Gasteiger partial charge in [-0.25, -0.2) is 4.98 Å². The highest BCUT2D eigenvalue weighted by atomic mass is 35.5. The van der Waals surface area contributed by atoms with Crippen LogP contribution in [0.2, 0.25) is 10.0 Å². The van der Waals surface area contributed by atoms with Gasteiger partial charge in [-0.05, 0) is 42.7 Å². The Morgan fingerprint density at radius 3 is 2.57 bits per heavy atom. The van der Waals surface area contributed by atoms with E-state index in [4.69, 9.17) is 23.2 Å². The molecule has 0 bridgehead atoms. The fraction of sp³-hybridized carbons (Fsp3) is 0.118. The molecule has 0 unspecified atom stereocenters. The average molecular weight is 317 g/mol. The predicted molar refractivity (Wildman–Crippen MR) is 88.0 cm³/mol. The number of rotatable bonds is 3. The van der Waals surface area contributed by atoms with E-state index in [9.17, 15) is 0 Å². The Morgan fingerprint density at radius 2 is 1.86 bits per heavy atom. The highest BCUT2D eigenvalue weighted by molar-refractivity contribution is 6.35. The van der Waals surface area contributed by atoms with Gasteiger partial charge in [0, 0.05) is 28.0 Å². The molecule has 1 N–H and O–H groups in total. The second-order valence-corrected chi connectivity index (χ2v) is 5.85. The summed E-state index contributed by atoms with van der Waals surface area (Å²) in [4.78, 5) is 7.52. The molecule has 0 aliphatic heterocycles. The van der Waals surface area contributed by atoms with Crippen LogP contribution in [0.3, 0.4) is 0 Å². The van der Waals surface area contributed by atoms with Gasteiger partial charge in [0.2, 0.25) is 0 Å². The maximum absolute atomic E-state index is 6.28. The van der Waals surface area contributed by atoms with Gasteiger partial charge in [-0.3, -0.25) is 0 Å². The maximum atomic E-state index is 6.28. The van der Waals surface area contributed by atoms with Crippen LogP contribution in [0.5, 0.6) is 0 Å². The minimum atomic E-state index is 0.652. The molecule has 2 nitrogen and oxygen atoms in total. The monoisotopic (exact) mass is 316 g/mol. The maximum Gasteiger partial charge on any atom is 0.137 e. The van der Waals surface area contributed by atoms with E-state index in [1.54, 1.807) is 12.3 Å². The molecule has 0 aliphatic carbocycles. The lowest BCUT2D eigenvalue weighted by molar-refractivity contribution is 1.17. The number of benzene rings is 2. The largest absolute Gasteiger partial charge is 0.345 e. The van der Waals surface area contributed by atoms with E-state index in [1.165, 1.54) is 11.1 Å². The minimum absolute atomic E-state index is 0.652. The molecule has 106 valence electrons. The van der Waals surface area contributed by atoms with Crippen LogP contribution < -0.4 is 0 Å². The molecule has 21 heavy (non-hydrogen) atoms. The van der Waals surface area contributed by atoms with E-state index in [0.717, 1.165) is 23.4 Å². The molecule has 0 aliphatic rings. The fourth-order valence-electron chi connectivity index (χ4n) is 2.35. The molecule has 0 radical (unpaired) electrons. The molecule has 1 heterocycles. The second kappa shape index (κ2) is 5.92. The Bertz CT molecular complexity index is 764. The SMILES string of the molecule is Cc1ccc(Cc2ccc(Cl)cc2Cl)c(-c2ncc[nH]2)c1. The molecule has 0 saturated heterocycles. The van der Waals surface area contributed by atoms with Crippen LogP contribution in [0, 0.1) is 6.92 Å². The van der Waals surface area contributed by atoms with E-state index in [2.05, 4.69) is 35.1 Å². The average Bonchev–Trinajstić information content (AvgIpc) is 2.97. The molecule has 3 rings (SSSR count). The third-order valence-corrected chi connectivity index (χ3v) is 4.00. The first kappa shape index (κ1) is 14.2. The van der Waals surface area contributed by atoms with E-state index in [0.29, 0.717) is 10.0 Å². The third-order valence-electron chi connectivity index (χ3n) is 3.41. The number of aromatic nitrogens is 2. The van der Waals surface area contributed by atoms with Crippen molar-refractivity contribution in [2.24, 2.45) is 0 Å². The summed E-state index contributed by atoms with van der Waals surface area (Å²) in [6, 6.07) is 12.0. The lowest BCUT2D eigenvalue weighted by Gasteiger charge is -2.10. The van der Waals surface area contributed by atoms with Gasteiger partial charge in [0.1, 0.15) is 5.82 Å². The van der Waals surface area contributed by atoms with Gasteiger partial charge in [0.25, 0.3) is 0 Å². The number of hydrogen-bond donors (Lipinski definition) is 1. The van der Waals surface area contributed by atoms with Crippen molar-refractivity contribution in [1.29, 1.82) is 0 Å². The molecule has 2 aromatic carbocycles. The van der Waals surface area contributed by atoms with Crippen LogP contribution >= 0.6 is 23.2 Å². The Morgan fingerprint density at radius 1 is 1.05 bits per heavy atom. The fourth-order valence-corrected chi connectivity index (χ4v) is 2.82. The van der Waals surface area contributed by atoms with Crippen molar-refractivity contribution in [2.75, 3.05) is 0 Å². The van der Waals surface area contributed by atoms with Crippen LogP contribution in [0.25, 0.3) is 11.4 Å². The molecular formula is C17H14Cl2N2. The molecule has 0 spiro atoms. The lowest BCUT2D eigenvalue weighted by Crippen LogP contribution is -1.95. The summed E-state index contributed by atoms with van der Waals surface area (Å²) in [6.45, 7) is 2.07. The lowest BCUT2D eigenvalue weighted by atomic mass is 9.97. The number of aryl methyl sites for hydroxylation is 1. The van der Waals surface area contributed by atoms with E-state index >= 15 is 0 Å². The zero-order valence-electron chi connectivity index (χ0n) is 11.5. The van der Waals surface area contributed by atoms with Gasteiger partial charge in [0.15, 0.2) is 0 Å². The van der Waals surface area contributed by atoms with Crippen molar-refractivity contribution in [3.63, 3.8) is 0 Å². The first-order valence-corrected chi connectivity index (χ1v) is 7.42. The van der Waals surface area contributed by atoms with E-state index in [-0.39, 0.29) is 0 Å². The van der Waals surface area contributed by atoms with Crippen LogP contribution in [-0.2, 0) is 6.42 Å². The predicted octanol–water partition coefficient (Wildman–Crippen LogP) is 5.28. The topological polar surface area (TPSA) is 28.7 Å². The molecule has 4 heteroatoms. The Balaban J connectivity index is 2.03. The van der Waals surface area contributed by atoms with Crippen molar-refractivity contribution >= 4 is 23.2 Å². The minimum Gasteiger partial charge on any atom is -0.345 e. The highest BCUT2D eigenvalue weighted by Gasteiger charge is 2.10. The standard InChI is InChI=1S/C17H14Cl2N2/c1-11-2-3-12(15(8-11)17-20-6-7-21-17)9-13-4-5-14(18)10-16(13)19/h2-8,10H,9H2,1H3,(H,20,21). The van der Waals surface area contributed by atoms with E-state index < -0.39 is 0 Å². The van der Waals surface area contributed by atoms with Crippen LogP contribution in [0.4, 0.5) is 0 Å². The van der Waals surface area contributed by atoms with Gasteiger partial charge in [0.05, 0.1) is 0 Å². The van der Waals surface area contributed by atoms with Crippen molar-refractivity contribution in [3.05, 3.63) is 75.5 Å². The molecule has 0 fully saturated rings. The van der Waals surface area contributed by atoms with Gasteiger partial charge >= 0.3 is 0 Å². The Labute approximate surface area is 133 Å². The summed E-state index contributed by atoms with van der Waals surface area (Å²) in [7, 11) is 0. The number of H-pyrrole nitrogens is 1. The quantitative estimate of drug-likeness (QED) is 0.699. The summed E-state index contributed by atoms with van der Waals surface area (Å²) in [5.74, 6) is 0.874. The van der Waals surface area contributed by atoms with Crippen molar-refractivity contribution < 1.29 is 0 Å². The summed E-state index contributed by atoms with van der Waals surface area (Å²) < 4.78 is 0. The molecule has 0 amide bonds. The van der Waals surface area contributed by atoms with Gasteiger partial charge in [-0.15, -0.1) is 0 Å². The number of imidazole rings is 1. The summed E-state index contributed by atoms with van der Waals surface area (Å²) in [5.41, 5.74) is 4.54. The van der Waals surface area contributed by atoms with Crippen LogP contribution in [0.15, 0.2) is 48.8 Å². The van der Waals surface area contributed by atoms with Gasteiger partial charge in [-0.1, -0.05) is 47.0 Å². The zero-order chi connectivity index (χ0) is 14.8. The number of hydrogen-bond acceptors (Lipinski definition) is 1. The van der Waals surface area contributed by atoms with Gasteiger partial charge in [-0.2, -0.15) is 0 Å². The summed E-state index contributed by atoms with van der Waals surface area (Å²) in [6.07, 6.45) is 4.33. The summed E-state index contributed by atoms with van der Waals surface area (Å²) >= 11 is 12.2. The summed E-state index contributed by atoms with van der Waals surface area (Å²) in [5, 5.41) is 1.34. The van der Waals surface area contributed by atoms with Crippen LogP contribution in [0.1, 0.15) is 16.7 Å². The Kier molecular flexibility index (Phi) is 4.00. The first-order valence-electron chi connectivity index (χ1n) is 6.66. The first-order chi connectivity index (χ1) is 10.1. The molecule has 0 atom stereocenters. The normalized spacial score (nSPS) is 10.8. The molecule has 0 saturated carbocycles. The molecular weight excluding hydrogens is 303 g/mol. The highest BCUT2D eigenvalue weighted by Crippen LogP contribution is 2.28. The molecule has 1 aromatic heterocycles. The smallest absolute Gasteiger partial charge is 0.137 e. The van der Waals surface area contributed by atoms with Crippen molar-refractivity contribution in [2.45, 2.75) is 13.3 Å².